The maximum absolute atomic E-state index is 6.24. The predicted octanol–water partition coefficient (Wildman–Crippen LogP) is 4.81. The lowest BCUT2D eigenvalue weighted by Gasteiger charge is -2.30. The normalized spacial score (nSPS) is 17.8. The molecule has 118 valence electrons. The summed E-state index contributed by atoms with van der Waals surface area (Å²) in [6.07, 6.45) is 9.42. The van der Waals surface area contributed by atoms with Crippen molar-refractivity contribution in [2.24, 2.45) is 0 Å². The molecule has 2 heteroatoms. The average molecular weight is 289 g/mol. The monoisotopic (exact) mass is 289 g/mol. The molecule has 1 unspecified atom stereocenters. The Morgan fingerprint density at radius 3 is 2.48 bits per heavy atom. The Hall–Kier alpha value is -0.860. The number of hydrogen-bond acceptors (Lipinski definition) is 2. The fourth-order valence-corrected chi connectivity index (χ4v) is 3.05. The summed E-state index contributed by atoms with van der Waals surface area (Å²) in [6, 6.07) is 10.8. The van der Waals surface area contributed by atoms with Gasteiger partial charge in [0.15, 0.2) is 0 Å². The van der Waals surface area contributed by atoms with Crippen LogP contribution in [0.4, 0.5) is 0 Å². The molecule has 2 nitrogen and oxygen atoms in total. The van der Waals surface area contributed by atoms with Gasteiger partial charge in [0, 0.05) is 13.2 Å². The minimum absolute atomic E-state index is 0.242. The van der Waals surface area contributed by atoms with E-state index in [0.717, 1.165) is 13.2 Å². The highest BCUT2D eigenvalue weighted by Gasteiger charge is 2.18. The van der Waals surface area contributed by atoms with Crippen molar-refractivity contribution in [2.75, 3.05) is 26.2 Å². The Morgan fingerprint density at radius 2 is 1.76 bits per heavy atom. The third-order valence-electron chi connectivity index (χ3n) is 4.36. The molecule has 0 radical (unpaired) electrons. The van der Waals surface area contributed by atoms with E-state index >= 15 is 0 Å². The Kier molecular flexibility index (Phi) is 7.83. The van der Waals surface area contributed by atoms with Crippen LogP contribution in [0.3, 0.4) is 0 Å². The number of ether oxygens (including phenoxy) is 1. The van der Waals surface area contributed by atoms with Crippen molar-refractivity contribution in [1.29, 1.82) is 0 Å². The molecule has 0 saturated carbocycles. The quantitative estimate of drug-likeness (QED) is 0.605. The second-order valence-corrected chi connectivity index (χ2v) is 6.19. The number of unbranched alkanes of at least 4 members (excludes halogenated alkanes) is 3. The summed E-state index contributed by atoms with van der Waals surface area (Å²) in [5.74, 6) is 0. The van der Waals surface area contributed by atoms with Gasteiger partial charge in [0.05, 0.1) is 6.10 Å². The van der Waals surface area contributed by atoms with Crippen LogP contribution in [0.15, 0.2) is 30.3 Å². The van der Waals surface area contributed by atoms with Crippen LogP contribution in [0.2, 0.25) is 0 Å². The number of likely N-dealkylation sites (tertiary alicyclic amines) is 1. The molecule has 0 spiro atoms. The Balaban J connectivity index is 1.84. The fourth-order valence-electron chi connectivity index (χ4n) is 3.05. The van der Waals surface area contributed by atoms with Crippen molar-refractivity contribution in [1.82, 2.24) is 4.90 Å². The summed E-state index contributed by atoms with van der Waals surface area (Å²) >= 11 is 0. The number of hydrogen-bond donors (Lipinski definition) is 0. The van der Waals surface area contributed by atoms with Crippen LogP contribution in [-0.4, -0.2) is 31.1 Å². The van der Waals surface area contributed by atoms with Crippen LogP contribution in [0.1, 0.15) is 63.5 Å². The van der Waals surface area contributed by atoms with E-state index < -0.39 is 0 Å². The molecule has 1 aromatic rings. The van der Waals surface area contributed by atoms with Gasteiger partial charge in [0.2, 0.25) is 0 Å². The predicted molar refractivity (Wildman–Crippen MR) is 89.6 cm³/mol. The van der Waals surface area contributed by atoms with Crippen molar-refractivity contribution >= 4 is 0 Å². The summed E-state index contributed by atoms with van der Waals surface area (Å²) in [5, 5.41) is 0. The third kappa shape index (κ3) is 6.19. The molecule has 2 rings (SSSR count). The van der Waals surface area contributed by atoms with Gasteiger partial charge in [-0.05, 0) is 37.9 Å². The highest BCUT2D eigenvalue weighted by atomic mass is 16.5. The topological polar surface area (TPSA) is 12.5 Å². The van der Waals surface area contributed by atoms with Crippen LogP contribution < -0.4 is 0 Å². The summed E-state index contributed by atoms with van der Waals surface area (Å²) in [5.41, 5.74) is 1.33. The maximum atomic E-state index is 6.24. The maximum Gasteiger partial charge on any atom is 0.0951 e. The molecule has 0 aliphatic carbocycles. The summed E-state index contributed by atoms with van der Waals surface area (Å²) < 4.78 is 6.24. The number of benzene rings is 1. The average Bonchev–Trinajstić information content (AvgIpc) is 2.55. The van der Waals surface area contributed by atoms with Crippen LogP contribution >= 0.6 is 0 Å². The van der Waals surface area contributed by atoms with E-state index in [4.69, 9.17) is 4.74 Å². The van der Waals surface area contributed by atoms with Gasteiger partial charge in [-0.15, -0.1) is 0 Å². The first-order valence-corrected chi connectivity index (χ1v) is 8.79. The second kappa shape index (κ2) is 9.97. The first-order valence-electron chi connectivity index (χ1n) is 8.79. The highest BCUT2D eigenvalue weighted by molar-refractivity contribution is 5.18. The van der Waals surface area contributed by atoms with E-state index in [1.165, 1.54) is 63.6 Å². The van der Waals surface area contributed by atoms with Crippen molar-refractivity contribution in [3.63, 3.8) is 0 Å². The summed E-state index contributed by atoms with van der Waals surface area (Å²) in [4.78, 5) is 2.58. The molecule has 1 saturated heterocycles. The first-order chi connectivity index (χ1) is 10.4. The van der Waals surface area contributed by atoms with Crippen molar-refractivity contribution in [3.05, 3.63) is 35.9 Å². The molecule has 0 N–H and O–H groups in total. The lowest BCUT2D eigenvalue weighted by molar-refractivity contribution is 0.0187. The SMILES string of the molecule is CCCCCCOC(CN1CCCCC1)c1ccccc1. The molecule has 0 aromatic heterocycles. The van der Waals surface area contributed by atoms with E-state index in [1.807, 2.05) is 0 Å². The van der Waals surface area contributed by atoms with Crippen LogP contribution in [0.5, 0.6) is 0 Å². The Morgan fingerprint density at radius 1 is 1.00 bits per heavy atom. The molecule has 1 heterocycles. The van der Waals surface area contributed by atoms with Gasteiger partial charge >= 0.3 is 0 Å². The smallest absolute Gasteiger partial charge is 0.0951 e. The number of nitrogens with zero attached hydrogens (tertiary/aromatic N) is 1. The molecule has 1 fully saturated rings. The molecule has 0 bridgehead atoms. The largest absolute Gasteiger partial charge is 0.372 e. The van der Waals surface area contributed by atoms with E-state index in [0.29, 0.717) is 0 Å². The van der Waals surface area contributed by atoms with Gasteiger partial charge in [-0.2, -0.15) is 0 Å². The van der Waals surface area contributed by atoms with E-state index in [2.05, 4.69) is 42.2 Å². The highest BCUT2D eigenvalue weighted by Crippen LogP contribution is 2.21. The zero-order chi connectivity index (χ0) is 14.8. The van der Waals surface area contributed by atoms with E-state index in [-0.39, 0.29) is 6.10 Å². The van der Waals surface area contributed by atoms with E-state index in [9.17, 15) is 0 Å². The molecule has 1 aromatic carbocycles. The van der Waals surface area contributed by atoms with Gasteiger partial charge in [-0.1, -0.05) is 62.9 Å². The molecule has 1 aliphatic rings. The first kappa shape index (κ1) is 16.5. The lowest BCUT2D eigenvalue weighted by Crippen LogP contribution is -2.34. The van der Waals surface area contributed by atoms with Crippen molar-refractivity contribution in [3.8, 4) is 0 Å². The third-order valence-corrected chi connectivity index (χ3v) is 4.36. The number of rotatable bonds is 9. The molecular weight excluding hydrogens is 258 g/mol. The minimum atomic E-state index is 0.242. The standard InChI is InChI=1S/C19H31NO/c1-2-3-4-11-16-21-19(18-12-7-5-8-13-18)17-20-14-9-6-10-15-20/h5,7-8,12-13,19H,2-4,6,9-11,14-17H2,1H3. The van der Waals surface area contributed by atoms with Crippen molar-refractivity contribution < 1.29 is 4.74 Å². The van der Waals surface area contributed by atoms with Gasteiger partial charge in [-0.3, -0.25) is 0 Å². The minimum Gasteiger partial charge on any atom is -0.372 e. The lowest BCUT2D eigenvalue weighted by atomic mass is 10.1. The van der Waals surface area contributed by atoms with Crippen LogP contribution in [0, 0.1) is 0 Å². The molecule has 1 atom stereocenters. The second-order valence-electron chi connectivity index (χ2n) is 6.19. The summed E-state index contributed by atoms with van der Waals surface area (Å²) in [7, 11) is 0. The fraction of sp³-hybridized carbons (Fsp3) is 0.684. The number of piperidine rings is 1. The molecule has 0 amide bonds. The molecule has 21 heavy (non-hydrogen) atoms. The summed E-state index contributed by atoms with van der Waals surface area (Å²) in [6.45, 7) is 6.68. The van der Waals surface area contributed by atoms with Crippen molar-refractivity contribution in [2.45, 2.75) is 58.0 Å². The van der Waals surface area contributed by atoms with E-state index in [1.54, 1.807) is 0 Å². The zero-order valence-electron chi connectivity index (χ0n) is 13.6. The van der Waals surface area contributed by atoms with Gasteiger partial charge in [0.1, 0.15) is 0 Å². The Bertz CT molecular complexity index is 359. The molecule has 1 aliphatic heterocycles. The Labute approximate surface area is 130 Å². The van der Waals surface area contributed by atoms with Gasteiger partial charge in [0.25, 0.3) is 0 Å². The van der Waals surface area contributed by atoms with Crippen LogP contribution in [-0.2, 0) is 4.74 Å². The zero-order valence-corrected chi connectivity index (χ0v) is 13.6. The van der Waals surface area contributed by atoms with Crippen LogP contribution in [0.25, 0.3) is 0 Å². The van der Waals surface area contributed by atoms with Gasteiger partial charge in [-0.25, -0.2) is 0 Å². The van der Waals surface area contributed by atoms with Gasteiger partial charge < -0.3 is 9.64 Å². The molecular formula is C19H31NO.